The van der Waals surface area contributed by atoms with Gasteiger partial charge in [0.2, 0.25) is 0 Å². The standard InChI is InChI=1S/C32H26N2O/c1-23(33-29-19-11-9-17-27(29)25-13-5-3-6-14-25)31-21-22-32(35-31)24(2)34-30-20-12-10-18-28(30)26-15-7-4-8-16-26/h3-22H,1-2H3. The molecule has 1 heterocycles. The summed E-state index contributed by atoms with van der Waals surface area (Å²) in [5.41, 5.74) is 7.92. The molecule has 3 heteroatoms. The van der Waals surface area contributed by atoms with Crippen LogP contribution in [0.25, 0.3) is 22.3 Å². The average molecular weight is 455 g/mol. The molecule has 0 radical (unpaired) electrons. The van der Waals surface area contributed by atoms with Gasteiger partial charge in [0.15, 0.2) is 0 Å². The number of rotatable bonds is 6. The maximum atomic E-state index is 6.18. The van der Waals surface area contributed by atoms with Gasteiger partial charge in [-0.1, -0.05) is 97.1 Å². The molecule has 0 N–H and O–H groups in total. The highest BCUT2D eigenvalue weighted by atomic mass is 16.3. The minimum absolute atomic E-state index is 0.730. The fourth-order valence-electron chi connectivity index (χ4n) is 4.06. The predicted molar refractivity (Wildman–Crippen MR) is 146 cm³/mol. The van der Waals surface area contributed by atoms with Crippen LogP contribution in [0, 0.1) is 0 Å². The first kappa shape index (κ1) is 22.3. The molecular weight excluding hydrogens is 428 g/mol. The zero-order chi connectivity index (χ0) is 24.0. The molecule has 5 rings (SSSR count). The molecule has 5 aromatic rings. The molecule has 0 bridgehead atoms. The van der Waals surface area contributed by atoms with E-state index in [1.54, 1.807) is 0 Å². The quantitative estimate of drug-likeness (QED) is 0.236. The fourth-order valence-corrected chi connectivity index (χ4v) is 4.06. The molecule has 0 aliphatic heterocycles. The second-order valence-corrected chi connectivity index (χ2v) is 8.32. The van der Waals surface area contributed by atoms with E-state index in [1.807, 2.05) is 98.8 Å². The third-order valence-corrected chi connectivity index (χ3v) is 5.87. The molecule has 0 saturated carbocycles. The van der Waals surface area contributed by atoms with E-state index in [0.29, 0.717) is 0 Å². The third kappa shape index (κ3) is 5.04. The van der Waals surface area contributed by atoms with Gasteiger partial charge in [0.25, 0.3) is 0 Å². The summed E-state index contributed by atoms with van der Waals surface area (Å²) >= 11 is 0. The summed E-state index contributed by atoms with van der Waals surface area (Å²) in [4.78, 5) is 9.80. The molecule has 3 nitrogen and oxygen atoms in total. The molecule has 0 aliphatic rings. The van der Waals surface area contributed by atoms with Crippen molar-refractivity contribution in [3.63, 3.8) is 0 Å². The van der Waals surface area contributed by atoms with Crippen LogP contribution in [-0.4, -0.2) is 11.4 Å². The number of furan rings is 1. The number of hydrogen-bond donors (Lipinski definition) is 0. The Balaban J connectivity index is 1.44. The molecule has 0 unspecified atom stereocenters. The van der Waals surface area contributed by atoms with Crippen LogP contribution in [-0.2, 0) is 0 Å². The van der Waals surface area contributed by atoms with Crippen molar-refractivity contribution in [2.45, 2.75) is 13.8 Å². The highest BCUT2D eigenvalue weighted by Crippen LogP contribution is 2.32. The van der Waals surface area contributed by atoms with Gasteiger partial charge < -0.3 is 4.42 Å². The van der Waals surface area contributed by atoms with E-state index >= 15 is 0 Å². The van der Waals surface area contributed by atoms with Crippen molar-refractivity contribution < 1.29 is 4.42 Å². The van der Waals surface area contributed by atoms with Crippen LogP contribution in [0.3, 0.4) is 0 Å². The first-order chi connectivity index (χ1) is 17.2. The van der Waals surface area contributed by atoms with Crippen molar-refractivity contribution in [3.05, 3.63) is 133 Å². The van der Waals surface area contributed by atoms with Crippen LogP contribution in [0.1, 0.15) is 25.4 Å². The third-order valence-electron chi connectivity index (χ3n) is 5.87. The zero-order valence-electron chi connectivity index (χ0n) is 19.8. The minimum atomic E-state index is 0.730. The molecule has 0 aliphatic carbocycles. The Kier molecular flexibility index (Phi) is 6.49. The Hall–Kier alpha value is -4.50. The highest BCUT2D eigenvalue weighted by Gasteiger charge is 2.11. The molecule has 170 valence electrons. The Morgan fingerprint density at radius 1 is 0.457 bits per heavy atom. The van der Waals surface area contributed by atoms with Crippen molar-refractivity contribution in [2.24, 2.45) is 9.98 Å². The number of para-hydroxylation sites is 2. The fraction of sp³-hybridized carbons (Fsp3) is 0.0625. The average Bonchev–Trinajstić information content (AvgIpc) is 3.41. The molecule has 0 fully saturated rings. The number of nitrogens with zero attached hydrogens (tertiary/aromatic N) is 2. The summed E-state index contributed by atoms with van der Waals surface area (Å²) < 4.78 is 6.18. The van der Waals surface area contributed by atoms with E-state index in [2.05, 4.69) is 36.4 Å². The van der Waals surface area contributed by atoms with Gasteiger partial charge in [-0.05, 0) is 49.2 Å². The van der Waals surface area contributed by atoms with Crippen LogP contribution in [0.4, 0.5) is 11.4 Å². The van der Waals surface area contributed by atoms with Gasteiger partial charge in [-0.3, -0.25) is 0 Å². The van der Waals surface area contributed by atoms with Crippen molar-refractivity contribution >= 4 is 22.8 Å². The largest absolute Gasteiger partial charge is 0.454 e. The second kappa shape index (κ2) is 10.2. The SMILES string of the molecule is CC(=Nc1ccccc1-c1ccccc1)c1ccc(C(C)=Nc2ccccc2-c2ccccc2)o1. The Morgan fingerprint density at radius 3 is 1.26 bits per heavy atom. The lowest BCUT2D eigenvalue weighted by Crippen LogP contribution is -1.94. The number of aliphatic imine (C=N–C) groups is 2. The lowest BCUT2D eigenvalue weighted by molar-refractivity contribution is 0.548. The van der Waals surface area contributed by atoms with E-state index in [0.717, 1.165) is 56.6 Å². The van der Waals surface area contributed by atoms with Crippen LogP contribution < -0.4 is 0 Å². The molecule has 0 saturated heterocycles. The first-order valence-corrected chi connectivity index (χ1v) is 11.7. The predicted octanol–water partition coefficient (Wildman–Crippen LogP) is 8.90. The topological polar surface area (TPSA) is 37.9 Å². The summed E-state index contributed by atoms with van der Waals surface area (Å²) in [6.07, 6.45) is 0. The van der Waals surface area contributed by atoms with Gasteiger partial charge in [0, 0.05) is 11.1 Å². The van der Waals surface area contributed by atoms with Gasteiger partial charge in [-0.2, -0.15) is 0 Å². The highest BCUT2D eigenvalue weighted by molar-refractivity contribution is 6.02. The Morgan fingerprint density at radius 2 is 0.829 bits per heavy atom. The van der Waals surface area contributed by atoms with Crippen molar-refractivity contribution in [2.75, 3.05) is 0 Å². The zero-order valence-corrected chi connectivity index (χ0v) is 19.8. The molecule has 0 atom stereocenters. The molecule has 4 aromatic carbocycles. The van der Waals surface area contributed by atoms with Crippen LogP contribution in [0.15, 0.2) is 136 Å². The van der Waals surface area contributed by atoms with E-state index < -0.39 is 0 Å². The molecule has 0 spiro atoms. The summed E-state index contributed by atoms with van der Waals surface area (Å²) in [6.45, 7) is 3.95. The maximum Gasteiger partial charge on any atom is 0.148 e. The van der Waals surface area contributed by atoms with E-state index in [4.69, 9.17) is 14.4 Å². The molecular formula is C32H26N2O. The molecule has 35 heavy (non-hydrogen) atoms. The summed E-state index contributed by atoms with van der Waals surface area (Å²) in [6, 6.07) is 40.9. The van der Waals surface area contributed by atoms with Gasteiger partial charge in [-0.25, -0.2) is 9.98 Å². The first-order valence-electron chi connectivity index (χ1n) is 11.7. The summed E-state index contributed by atoms with van der Waals surface area (Å²) in [5, 5.41) is 0. The van der Waals surface area contributed by atoms with Gasteiger partial charge in [0.1, 0.15) is 11.5 Å². The number of benzene rings is 4. The van der Waals surface area contributed by atoms with Crippen LogP contribution >= 0.6 is 0 Å². The normalized spacial score (nSPS) is 12.1. The van der Waals surface area contributed by atoms with Gasteiger partial charge >= 0.3 is 0 Å². The smallest absolute Gasteiger partial charge is 0.148 e. The lowest BCUT2D eigenvalue weighted by Gasteiger charge is -2.07. The second-order valence-electron chi connectivity index (χ2n) is 8.32. The minimum Gasteiger partial charge on any atom is -0.454 e. The maximum absolute atomic E-state index is 6.18. The Bertz CT molecular complexity index is 1380. The molecule has 0 amide bonds. The molecule has 1 aromatic heterocycles. The summed E-state index contributed by atoms with van der Waals surface area (Å²) in [5.74, 6) is 1.46. The van der Waals surface area contributed by atoms with E-state index in [-0.39, 0.29) is 0 Å². The van der Waals surface area contributed by atoms with Gasteiger partial charge in [-0.15, -0.1) is 0 Å². The Labute approximate surface area is 206 Å². The van der Waals surface area contributed by atoms with E-state index in [1.165, 1.54) is 0 Å². The van der Waals surface area contributed by atoms with Crippen molar-refractivity contribution in [3.8, 4) is 22.3 Å². The lowest BCUT2D eigenvalue weighted by atomic mass is 10.0. The van der Waals surface area contributed by atoms with Crippen molar-refractivity contribution in [1.29, 1.82) is 0 Å². The number of hydrogen-bond acceptors (Lipinski definition) is 3. The summed E-state index contributed by atoms with van der Waals surface area (Å²) in [7, 11) is 0. The monoisotopic (exact) mass is 454 g/mol. The van der Waals surface area contributed by atoms with E-state index in [9.17, 15) is 0 Å². The van der Waals surface area contributed by atoms with Crippen molar-refractivity contribution in [1.82, 2.24) is 0 Å². The van der Waals surface area contributed by atoms with Crippen LogP contribution in [0.5, 0.6) is 0 Å². The van der Waals surface area contributed by atoms with Crippen LogP contribution in [0.2, 0.25) is 0 Å². The van der Waals surface area contributed by atoms with Gasteiger partial charge in [0.05, 0.1) is 22.8 Å².